The summed E-state index contributed by atoms with van der Waals surface area (Å²) >= 11 is 1.76. The van der Waals surface area contributed by atoms with Crippen molar-refractivity contribution in [3.8, 4) is 0 Å². The number of thioether (sulfide) groups is 1. The van der Waals surface area contributed by atoms with E-state index in [2.05, 4.69) is 33.7 Å². The van der Waals surface area contributed by atoms with Crippen LogP contribution in [-0.4, -0.2) is 55.8 Å². The number of hydrogen-bond donors (Lipinski definition) is 2. The van der Waals surface area contributed by atoms with Crippen LogP contribution < -0.4 is 10.6 Å². The zero-order valence-electron chi connectivity index (χ0n) is 12.3. The maximum atomic E-state index is 12.4. The summed E-state index contributed by atoms with van der Waals surface area (Å²) in [6.45, 7) is 5.97. The number of carbonyl (C=O) groups excluding carboxylic acids is 1. The van der Waals surface area contributed by atoms with Crippen LogP contribution in [0.1, 0.15) is 16.4 Å². The Labute approximate surface area is 130 Å². The third-order valence-electron chi connectivity index (χ3n) is 4.17. The fraction of sp³-hybridized carbons (Fsp3) is 0.562. The molecule has 1 amide bonds. The minimum Gasteiger partial charge on any atom is -0.354 e. The molecule has 1 aromatic rings. The van der Waals surface area contributed by atoms with Crippen LogP contribution in [0, 0.1) is 0 Å². The second-order valence-corrected chi connectivity index (χ2v) is 6.80. The van der Waals surface area contributed by atoms with E-state index in [-0.39, 0.29) is 11.2 Å². The van der Waals surface area contributed by atoms with Crippen molar-refractivity contribution in [3.05, 3.63) is 35.4 Å². The highest BCUT2D eigenvalue weighted by Gasteiger charge is 2.26. The van der Waals surface area contributed by atoms with Gasteiger partial charge in [0.1, 0.15) is 5.25 Å². The minimum absolute atomic E-state index is 0.0297. The van der Waals surface area contributed by atoms with Crippen LogP contribution in [0.15, 0.2) is 24.3 Å². The molecule has 0 saturated carbocycles. The molecule has 1 fully saturated rings. The van der Waals surface area contributed by atoms with Crippen LogP contribution in [-0.2, 0) is 11.2 Å². The zero-order valence-corrected chi connectivity index (χ0v) is 13.1. The average Bonchev–Trinajstić information content (AvgIpc) is 2.55. The lowest BCUT2D eigenvalue weighted by atomic mass is 10.0. The molecule has 0 aromatic heterocycles. The fourth-order valence-electron chi connectivity index (χ4n) is 2.98. The van der Waals surface area contributed by atoms with Gasteiger partial charge in [-0.05, 0) is 23.3 Å². The van der Waals surface area contributed by atoms with Crippen molar-refractivity contribution in [2.45, 2.75) is 11.7 Å². The van der Waals surface area contributed by atoms with Crippen molar-refractivity contribution in [1.29, 1.82) is 0 Å². The molecular formula is C16H23N3OS. The van der Waals surface area contributed by atoms with Crippen LogP contribution in [0.25, 0.3) is 0 Å². The van der Waals surface area contributed by atoms with Crippen molar-refractivity contribution >= 4 is 17.7 Å². The molecule has 114 valence electrons. The molecule has 2 heterocycles. The van der Waals surface area contributed by atoms with Crippen LogP contribution in [0.4, 0.5) is 0 Å². The highest BCUT2D eigenvalue weighted by molar-refractivity contribution is 8.00. The molecule has 2 aliphatic rings. The molecule has 2 N–H and O–H groups in total. The van der Waals surface area contributed by atoms with E-state index in [0.29, 0.717) is 0 Å². The summed E-state index contributed by atoms with van der Waals surface area (Å²) in [7, 11) is 0. The summed E-state index contributed by atoms with van der Waals surface area (Å²) in [5, 5.41) is 6.43. The summed E-state index contributed by atoms with van der Waals surface area (Å²) in [5.74, 6) is 1.20. The lowest BCUT2D eigenvalue weighted by molar-refractivity contribution is -0.120. The lowest BCUT2D eigenvalue weighted by Crippen LogP contribution is -2.46. The van der Waals surface area contributed by atoms with E-state index in [1.807, 2.05) is 6.07 Å². The Morgan fingerprint density at radius 2 is 2.14 bits per heavy atom. The van der Waals surface area contributed by atoms with E-state index >= 15 is 0 Å². The summed E-state index contributed by atoms with van der Waals surface area (Å²) in [6, 6.07) is 8.35. The second-order valence-electron chi connectivity index (χ2n) is 5.58. The molecule has 1 atom stereocenters. The maximum absolute atomic E-state index is 12.4. The van der Waals surface area contributed by atoms with Gasteiger partial charge in [-0.15, -0.1) is 11.8 Å². The standard InChI is InChI=1S/C16H23N3OS/c20-16(18-8-11-19-9-6-17-7-10-19)15-14-4-2-1-3-13(14)5-12-21-15/h1-4,15,17H,5-12H2,(H,18,20). The van der Waals surface area contributed by atoms with Gasteiger partial charge in [0, 0.05) is 39.3 Å². The number of hydrogen-bond acceptors (Lipinski definition) is 4. The zero-order chi connectivity index (χ0) is 14.5. The Balaban J connectivity index is 1.51. The molecule has 0 aliphatic carbocycles. The Morgan fingerprint density at radius 1 is 1.33 bits per heavy atom. The van der Waals surface area contributed by atoms with Gasteiger partial charge in [-0.2, -0.15) is 0 Å². The van der Waals surface area contributed by atoms with E-state index in [0.717, 1.165) is 51.4 Å². The second kappa shape index (κ2) is 7.29. The van der Waals surface area contributed by atoms with Gasteiger partial charge in [-0.1, -0.05) is 24.3 Å². The summed E-state index contributed by atoms with van der Waals surface area (Å²) in [4.78, 5) is 14.8. The van der Waals surface area contributed by atoms with Crippen LogP contribution in [0.2, 0.25) is 0 Å². The van der Waals surface area contributed by atoms with Gasteiger partial charge in [-0.3, -0.25) is 9.69 Å². The molecule has 0 bridgehead atoms. The van der Waals surface area contributed by atoms with E-state index in [4.69, 9.17) is 0 Å². The molecule has 0 spiro atoms. The number of carbonyl (C=O) groups is 1. The van der Waals surface area contributed by atoms with Crippen LogP contribution in [0.5, 0.6) is 0 Å². The van der Waals surface area contributed by atoms with Gasteiger partial charge >= 0.3 is 0 Å². The average molecular weight is 305 g/mol. The molecular weight excluding hydrogens is 282 g/mol. The molecule has 5 heteroatoms. The Bertz CT molecular complexity index is 488. The maximum Gasteiger partial charge on any atom is 0.237 e. The first kappa shape index (κ1) is 14.9. The monoisotopic (exact) mass is 305 g/mol. The highest BCUT2D eigenvalue weighted by atomic mass is 32.2. The molecule has 1 saturated heterocycles. The van der Waals surface area contributed by atoms with Crippen LogP contribution >= 0.6 is 11.8 Å². The number of aryl methyl sites for hydroxylation is 1. The number of benzene rings is 1. The highest BCUT2D eigenvalue weighted by Crippen LogP contribution is 2.36. The summed E-state index contributed by atoms with van der Waals surface area (Å²) < 4.78 is 0. The number of nitrogens with one attached hydrogen (secondary N) is 2. The number of amides is 1. The molecule has 1 unspecified atom stereocenters. The number of fused-ring (bicyclic) bond motifs is 1. The number of piperazine rings is 1. The smallest absolute Gasteiger partial charge is 0.237 e. The van der Waals surface area contributed by atoms with Crippen molar-refractivity contribution < 1.29 is 4.79 Å². The van der Waals surface area contributed by atoms with Gasteiger partial charge in [-0.25, -0.2) is 0 Å². The van der Waals surface area contributed by atoms with E-state index in [1.165, 1.54) is 11.1 Å². The summed E-state index contributed by atoms with van der Waals surface area (Å²) in [5.41, 5.74) is 2.53. The normalized spacial score (nSPS) is 22.6. The van der Waals surface area contributed by atoms with Gasteiger partial charge in [0.2, 0.25) is 5.91 Å². The molecule has 1 aromatic carbocycles. The van der Waals surface area contributed by atoms with Crippen LogP contribution in [0.3, 0.4) is 0 Å². The third kappa shape index (κ3) is 3.78. The van der Waals surface area contributed by atoms with E-state index in [9.17, 15) is 4.79 Å². The Kier molecular flexibility index (Phi) is 5.17. The van der Waals surface area contributed by atoms with Crippen molar-refractivity contribution in [1.82, 2.24) is 15.5 Å². The third-order valence-corrected chi connectivity index (χ3v) is 5.41. The Morgan fingerprint density at radius 3 is 3.00 bits per heavy atom. The van der Waals surface area contributed by atoms with Crippen molar-refractivity contribution in [2.24, 2.45) is 0 Å². The first-order valence-electron chi connectivity index (χ1n) is 7.75. The molecule has 3 rings (SSSR count). The predicted octanol–water partition coefficient (Wildman–Crippen LogP) is 1.04. The molecule has 4 nitrogen and oxygen atoms in total. The van der Waals surface area contributed by atoms with Gasteiger partial charge in [0.05, 0.1) is 0 Å². The Hall–Kier alpha value is -1.04. The van der Waals surface area contributed by atoms with E-state index < -0.39 is 0 Å². The fourth-order valence-corrected chi connectivity index (χ4v) is 4.19. The summed E-state index contributed by atoms with van der Waals surface area (Å²) in [6.07, 6.45) is 1.07. The quantitative estimate of drug-likeness (QED) is 0.872. The SMILES string of the molecule is O=C(NCCN1CCNCC1)C1SCCc2ccccc21. The first-order chi connectivity index (χ1) is 10.3. The number of nitrogens with zero attached hydrogens (tertiary/aromatic N) is 1. The number of rotatable bonds is 4. The van der Waals surface area contributed by atoms with Crippen molar-refractivity contribution in [3.63, 3.8) is 0 Å². The predicted molar refractivity (Wildman–Crippen MR) is 87.7 cm³/mol. The van der Waals surface area contributed by atoms with Crippen molar-refractivity contribution in [2.75, 3.05) is 45.0 Å². The van der Waals surface area contributed by atoms with Gasteiger partial charge < -0.3 is 10.6 Å². The van der Waals surface area contributed by atoms with Gasteiger partial charge in [0.25, 0.3) is 0 Å². The molecule has 2 aliphatic heterocycles. The van der Waals surface area contributed by atoms with E-state index in [1.54, 1.807) is 11.8 Å². The largest absolute Gasteiger partial charge is 0.354 e. The minimum atomic E-state index is -0.0297. The molecule has 21 heavy (non-hydrogen) atoms. The topological polar surface area (TPSA) is 44.4 Å². The molecule has 0 radical (unpaired) electrons. The van der Waals surface area contributed by atoms with Gasteiger partial charge in [0.15, 0.2) is 0 Å². The first-order valence-corrected chi connectivity index (χ1v) is 8.79. The lowest BCUT2D eigenvalue weighted by Gasteiger charge is -2.28.